The molecule has 0 aromatic heterocycles. The summed E-state index contributed by atoms with van der Waals surface area (Å²) in [6, 6.07) is 4.89. The van der Waals surface area contributed by atoms with Gasteiger partial charge >= 0.3 is 5.97 Å². The van der Waals surface area contributed by atoms with Crippen molar-refractivity contribution in [2.75, 3.05) is 6.54 Å². The molecule has 11 heteroatoms. The van der Waals surface area contributed by atoms with Gasteiger partial charge in [-0.2, -0.15) is 4.72 Å². The van der Waals surface area contributed by atoms with E-state index < -0.39 is 22.0 Å². The summed E-state index contributed by atoms with van der Waals surface area (Å²) in [6.45, 7) is 2.12. The zero-order chi connectivity index (χ0) is 16.8. The molecule has 1 rings (SSSR count). The minimum absolute atomic E-state index is 0. The van der Waals surface area contributed by atoms with Gasteiger partial charge in [0.25, 0.3) is 0 Å². The second kappa shape index (κ2) is 10.5. The van der Waals surface area contributed by atoms with Gasteiger partial charge in [-0.1, -0.05) is 17.7 Å². The Hall–Kier alpha value is -2.21. The van der Waals surface area contributed by atoms with E-state index in [2.05, 4.69) is 10.0 Å². The van der Waals surface area contributed by atoms with Crippen LogP contribution in [0.4, 0.5) is 0 Å². The molecule has 12 N–H and O–H groups in total. The Kier molecular flexibility index (Phi) is 10.6. The van der Waals surface area contributed by atoms with Crippen LogP contribution >= 0.6 is 0 Å². The molecule has 0 aliphatic heterocycles. The van der Waals surface area contributed by atoms with Crippen LogP contribution in [0.1, 0.15) is 18.4 Å². The number of guanidine groups is 1. The van der Waals surface area contributed by atoms with Gasteiger partial charge in [-0.3, -0.25) is 10.2 Å². The summed E-state index contributed by atoms with van der Waals surface area (Å²) in [7, 11) is -3.89. The van der Waals surface area contributed by atoms with E-state index in [-0.39, 0.29) is 29.6 Å². The van der Waals surface area contributed by atoms with Gasteiger partial charge in [0.15, 0.2) is 5.96 Å². The zero-order valence-electron chi connectivity index (χ0n) is 13.6. The largest absolute Gasteiger partial charge is 0.480 e. The van der Waals surface area contributed by atoms with Gasteiger partial charge in [0, 0.05) is 6.54 Å². The first-order chi connectivity index (χ1) is 10.2. The molecule has 0 amide bonds. The van der Waals surface area contributed by atoms with Crippen molar-refractivity contribution in [3.8, 4) is 0 Å². The minimum Gasteiger partial charge on any atom is -0.480 e. The van der Waals surface area contributed by atoms with Crippen LogP contribution in [0.15, 0.2) is 29.2 Å². The highest BCUT2D eigenvalue weighted by Crippen LogP contribution is 2.11. The van der Waals surface area contributed by atoms with Crippen molar-refractivity contribution in [2.24, 2.45) is 5.73 Å². The predicted molar refractivity (Wildman–Crippen MR) is 92.1 cm³/mol. The quantitative estimate of drug-likeness (QED) is 0.193. The fourth-order valence-corrected chi connectivity index (χ4v) is 2.96. The molecule has 10 nitrogen and oxygen atoms in total. The van der Waals surface area contributed by atoms with E-state index in [1.165, 1.54) is 12.1 Å². The predicted octanol–water partition coefficient (Wildman–Crippen LogP) is 0.314. The van der Waals surface area contributed by atoms with Crippen molar-refractivity contribution in [3.05, 3.63) is 29.8 Å². The van der Waals surface area contributed by atoms with Crippen molar-refractivity contribution in [1.29, 1.82) is 5.41 Å². The van der Waals surface area contributed by atoms with E-state index in [1.807, 2.05) is 6.92 Å². The molecule has 0 saturated carbocycles. The van der Waals surface area contributed by atoms with Crippen LogP contribution in [0, 0.1) is 12.3 Å². The Morgan fingerprint density at radius 2 is 1.83 bits per heavy atom. The number of carboxylic acid groups (broad SMARTS) is 1. The molecule has 138 valence electrons. The van der Waals surface area contributed by atoms with Gasteiger partial charge in [-0.25, -0.2) is 8.42 Å². The lowest BCUT2D eigenvalue weighted by Crippen LogP contribution is -2.41. The lowest BCUT2D eigenvalue weighted by Gasteiger charge is -2.15. The Morgan fingerprint density at radius 1 is 1.29 bits per heavy atom. The average Bonchev–Trinajstić information content (AvgIpc) is 2.42. The number of hydrogen-bond acceptors (Lipinski definition) is 6. The Bertz CT molecular complexity index is 632. The zero-order valence-corrected chi connectivity index (χ0v) is 14.4. The number of nitrogens with one attached hydrogen (secondary N) is 3. The number of aliphatic carboxylic acids is 1. The average molecular weight is 362 g/mol. The smallest absolute Gasteiger partial charge is 0.321 e. The number of carbonyl (C=O) groups is 1. The Labute approximate surface area is 141 Å². The number of nitrogens with two attached hydrogens (primary N) is 1. The van der Waals surface area contributed by atoms with E-state index in [1.54, 1.807) is 12.1 Å². The molecule has 1 aromatic rings. The monoisotopic (exact) mass is 362 g/mol. The van der Waals surface area contributed by atoms with Gasteiger partial charge in [-0.15, -0.1) is 0 Å². The number of hydrogen-bond donors (Lipinski definition) is 7. The number of rotatable bonds is 8. The first-order valence-corrected chi connectivity index (χ1v) is 8.10. The van der Waals surface area contributed by atoms with Gasteiger partial charge in [0.05, 0.1) is 4.90 Å². The van der Waals surface area contributed by atoms with Crippen molar-refractivity contribution < 1.29 is 18.3 Å². The molecule has 1 atom stereocenters. The Balaban J connectivity index is 0. The highest BCUT2D eigenvalue weighted by atomic mass is 32.2. The molecular weight excluding hydrogens is 336 g/mol. The number of carboxylic acids is 1. The molecule has 0 spiro atoms. The van der Waals surface area contributed by atoms with Crippen molar-refractivity contribution in [1.82, 2.24) is 22.3 Å². The van der Waals surface area contributed by atoms with E-state index in [4.69, 9.17) is 16.2 Å². The summed E-state index contributed by atoms with van der Waals surface area (Å²) in [5.41, 5.74) is 6.01. The Morgan fingerprint density at radius 3 is 2.29 bits per heavy atom. The summed E-state index contributed by atoms with van der Waals surface area (Å²) in [5.74, 6) is -1.47. The van der Waals surface area contributed by atoms with Crippen LogP contribution in [0.5, 0.6) is 0 Å². The molecular formula is C13H26N6O4S. The molecule has 0 aliphatic rings. The highest BCUT2D eigenvalue weighted by Gasteiger charge is 2.24. The van der Waals surface area contributed by atoms with Gasteiger partial charge in [0.2, 0.25) is 10.0 Å². The molecule has 0 heterocycles. The van der Waals surface area contributed by atoms with Crippen LogP contribution in [0.25, 0.3) is 0 Å². The number of sulfonamides is 1. The molecule has 0 unspecified atom stereocenters. The van der Waals surface area contributed by atoms with Crippen LogP contribution < -0.4 is 28.1 Å². The van der Waals surface area contributed by atoms with E-state index in [0.717, 1.165) is 5.56 Å². The van der Waals surface area contributed by atoms with E-state index in [9.17, 15) is 13.2 Å². The lowest BCUT2D eigenvalue weighted by atomic mass is 10.2. The third-order valence-electron chi connectivity index (χ3n) is 2.91. The fraction of sp³-hybridized carbons (Fsp3) is 0.385. The first-order valence-electron chi connectivity index (χ1n) is 6.62. The lowest BCUT2D eigenvalue weighted by molar-refractivity contribution is -0.139. The van der Waals surface area contributed by atoms with Crippen LogP contribution in [-0.2, 0) is 14.8 Å². The highest BCUT2D eigenvalue weighted by molar-refractivity contribution is 7.89. The first kappa shape index (κ1) is 24.0. The maximum absolute atomic E-state index is 12.2. The summed E-state index contributed by atoms with van der Waals surface area (Å²) < 4.78 is 26.5. The maximum atomic E-state index is 12.2. The van der Waals surface area contributed by atoms with Crippen molar-refractivity contribution in [3.63, 3.8) is 0 Å². The fourth-order valence-electron chi connectivity index (χ4n) is 1.73. The topological polar surface area (TPSA) is 215 Å². The molecule has 1 aromatic carbocycles. The third-order valence-corrected chi connectivity index (χ3v) is 4.40. The molecule has 0 bridgehead atoms. The van der Waals surface area contributed by atoms with Crippen LogP contribution in [0.3, 0.4) is 0 Å². The molecule has 0 saturated heterocycles. The summed E-state index contributed by atoms with van der Waals surface area (Å²) >= 11 is 0. The number of benzene rings is 1. The summed E-state index contributed by atoms with van der Waals surface area (Å²) in [5, 5.41) is 18.6. The molecule has 24 heavy (non-hydrogen) atoms. The second-order valence-corrected chi connectivity index (χ2v) is 6.52. The summed E-state index contributed by atoms with van der Waals surface area (Å²) in [6.07, 6.45) is 0.438. The van der Waals surface area contributed by atoms with Crippen molar-refractivity contribution >= 4 is 22.0 Å². The van der Waals surface area contributed by atoms with Gasteiger partial charge < -0.3 is 28.5 Å². The van der Waals surface area contributed by atoms with Gasteiger partial charge in [-0.05, 0) is 31.9 Å². The van der Waals surface area contributed by atoms with Crippen molar-refractivity contribution in [2.45, 2.75) is 30.7 Å². The molecule has 0 aliphatic carbocycles. The van der Waals surface area contributed by atoms with Crippen LogP contribution in [-0.4, -0.2) is 38.0 Å². The molecule has 0 radical (unpaired) electrons. The third kappa shape index (κ3) is 7.87. The van der Waals surface area contributed by atoms with Crippen LogP contribution in [0.2, 0.25) is 0 Å². The summed E-state index contributed by atoms with van der Waals surface area (Å²) in [4.78, 5) is 11.2. The molecule has 0 fully saturated rings. The van der Waals surface area contributed by atoms with E-state index in [0.29, 0.717) is 13.0 Å². The second-order valence-electron chi connectivity index (χ2n) is 4.81. The van der Waals surface area contributed by atoms with E-state index >= 15 is 0 Å². The maximum Gasteiger partial charge on any atom is 0.321 e. The standard InChI is InChI=1S/C13H20N4O4S.2H3N/c1-9-4-6-10(7-5-9)22(20,21)17-11(12(18)19)3-2-8-16-13(14)15;;/h4-7,11,17H,2-3,8H2,1H3,(H,18,19)(H4,14,15,16);2*1H3/t11-;;/m0../s1. The minimum atomic E-state index is -3.89. The SMILES string of the molecule is Cc1ccc(S(=O)(=O)N[C@@H](CCCNC(=N)N)C(=O)O)cc1.N.N. The number of aryl methyl sites for hydroxylation is 1. The normalized spacial score (nSPS) is 11.5. The van der Waals surface area contributed by atoms with Gasteiger partial charge in [0.1, 0.15) is 6.04 Å².